The van der Waals surface area contributed by atoms with Crippen molar-refractivity contribution >= 4 is 17.5 Å². The van der Waals surface area contributed by atoms with Gasteiger partial charge in [-0.3, -0.25) is 0 Å². The maximum Gasteiger partial charge on any atom is 0.244 e. The lowest BCUT2D eigenvalue weighted by molar-refractivity contribution is 0.120. The van der Waals surface area contributed by atoms with Gasteiger partial charge < -0.3 is 15.4 Å². The van der Waals surface area contributed by atoms with Crippen LogP contribution in [0.15, 0.2) is 24.4 Å². The first-order valence-electron chi connectivity index (χ1n) is 8.55. The molecule has 1 fully saturated rings. The van der Waals surface area contributed by atoms with E-state index in [2.05, 4.69) is 64.8 Å². The maximum absolute atomic E-state index is 5.60. The molecular weight excluding hydrogens is 302 g/mol. The van der Waals surface area contributed by atoms with Crippen molar-refractivity contribution in [1.29, 1.82) is 0 Å². The van der Waals surface area contributed by atoms with Gasteiger partial charge in [0, 0.05) is 18.8 Å². The maximum atomic E-state index is 5.60. The molecule has 1 unspecified atom stereocenters. The van der Waals surface area contributed by atoms with Crippen LogP contribution in [0.4, 0.5) is 17.5 Å². The first kappa shape index (κ1) is 16.6. The average Bonchev–Trinajstić information content (AvgIpc) is 3.08. The summed E-state index contributed by atoms with van der Waals surface area (Å²) in [5.74, 6) is 1.64. The average molecular weight is 327 g/mol. The summed E-state index contributed by atoms with van der Waals surface area (Å²) >= 11 is 0. The molecule has 1 saturated heterocycles. The minimum absolute atomic E-state index is 0.245. The Morgan fingerprint density at radius 3 is 2.96 bits per heavy atom. The molecule has 1 aromatic heterocycles. The second kappa shape index (κ2) is 7.57. The number of aromatic nitrogens is 3. The lowest BCUT2D eigenvalue weighted by atomic mass is 9.98. The number of hydrogen-bond donors (Lipinski definition) is 2. The molecule has 1 aromatic carbocycles. The fraction of sp³-hybridized carbons (Fsp3) is 0.500. The van der Waals surface area contributed by atoms with Crippen LogP contribution in [0.5, 0.6) is 0 Å². The van der Waals surface area contributed by atoms with Gasteiger partial charge in [-0.15, -0.1) is 5.10 Å². The molecule has 128 valence electrons. The van der Waals surface area contributed by atoms with Gasteiger partial charge in [-0.1, -0.05) is 32.0 Å². The monoisotopic (exact) mass is 327 g/mol. The summed E-state index contributed by atoms with van der Waals surface area (Å²) in [5.41, 5.74) is 3.55. The van der Waals surface area contributed by atoms with Crippen LogP contribution in [0.2, 0.25) is 0 Å². The molecule has 0 aliphatic carbocycles. The molecule has 6 nitrogen and oxygen atoms in total. The summed E-state index contributed by atoms with van der Waals surface area (Å²) in [6.07, 6.45) is 4.10. The molecule has 1 aliphatic heterocycles. The highest BCUT2D eigenvalue weighted by molar-refractivity contribution is 5.65. The number of anilines is 3. The van der Waals surface area contributed by atoms with Gasteiger partial charge >= 0.3 is 0 Å². The van der Waals surface area contributed by atoms with E-state index in [-0.39, 0.29) is 6.10 Å². The number of nitrogens with zero attached hydrogens (tertiary/aromatic N) is 3. The summed E-state index contributed by atoms with van der Waals surface area (Å²) in [6, 6.07) is 6.33. The molecule has 2 heterocycles. The van der Waals surface area contributed by atoms with E-state index < -0.39 is 0 Å². The summed E-state index contributed by atoms with van der Waals surface area (Å²) in [6.45, 7) is 8.03. The Labute approximate surface area is 143 Å². The van der Waals surface area contributed by atoms with E-state index >= 15 is 0 Å². The molecule has 0 radical (unpaired) electrons. The Balaban J connectivity index is 1.73. The van der Waals surface area contributed by atoms with Crippen molar-refractivity contribution in [2.75, 3.05) is 23.8 Å². The summed E-state index contributed by atoms with van der Waals surface area (Å²) in [5, 5.41) is 14.7. The van der Waals surface area contributed by atoms with Crippen LogP contribution in [-0.4, -0.2) is 34.4 Å². The molecular formula is C18H25N5O. The quantitative estimate of drug-likeness (QED) is 0.844. The Kier molecular flexibility index (Phi) is 5.25. The van der Waals surface area contributed by atoms with Crippen molar-refractivity contribution < 1.29 is 4.74 Å². The van der Waals surface area contributed by atoms with Crippen molar-refractivity contribution in [3.63, 3.8) is 0 Å². The van der Waals surface area contributed by atoms with E-state index in [1.54, 1.807) is 6.20 Å². The number of rotatable bonds is 6. The highest BCUT2D eigenvalue weighted by Gasteiger charge is 2.16. The van der Waals surface area contributed by atoms with Gasteiger partial charge in [0.25, 0.3) is 0 Å². The Morgan fingerprint density at radius 2 is 2.21 bits per heavy atom. The number of para-hydroxylation sites is 1. The molecule has 0 spiro atoms. The largest absolute Gasteiger partial charge is 0.376 e. The fourth-order valence-electron chi connectivity index (χ4n) is 2.92. The van der Waals surface area contributed by atoms with Crippen molar-refractivity contribution in [2.24, 2.45) is 0 Å². The van der Waals surface area contributed by atoms with E-state index in [9.17, 15) is 0 Å². The molecule has 2 N–H and O–H groups in total. The molecule has 0 bridgehead atoms. The number of aryl methyl sites for hydroxylation is 1. The lowest BCUT2D eigenvalue weighted by Gasteiger charge is -2.17. The summed E-state index contributed by atoms with van der Waals surface area (Å²) < 4.78 is 5.60. The zero-order valence-corrected chi connectivity index (χ0v) is 14.5. The number of nitrogens with one attached hydrogen (secondary N) is 2. The van der Waals surface area contributed by atoms with Gasteiger partial charge in [0.2, 0.25) is 5.95 Å². The van der Waals surface area contributed by atoms with Crippen molar-refractivity contribution in [3.8, 4) is 0 Å². The molecule has 24 heavy (non-hydrogen) atoms. The number of hydrogen-bond acceptors (Lipinski definition) is 6. The molecule has 6 heteroatoms. The zero-order valence-electron chi connectivity index (χ0n) is 14.5. The van der Waals surface area contributed by atoms with Crippen molar-refractivity contribution in [1.82, 2.24) is 15.2 Å². The van der Waals surface area contributed by atoms with Crippen LogP contribution in [0, 0.1) is 6.92 Å². The minimum atomic E-state index is 0.245. The lowest BCUT2D eigenvalue weighted by Crippen LogP contribution is -2.20. The third kappa shape index (κ3) is 4.00. The van der Waals surface area contributed by atoms with E-state index in [1.165, 1.54) is 11.1 Å². The Bertz CT molecular complexity index is 683. The first-order valence-corrected chi connectivity index (χ1v) is 8.55. The number of ether oxygens (including phenoxy) is 1. The Hall–Kier alpha value is -2.21. The fourth-order valence-corrected chi connectivity index (χ4v) is 2.92. The van der Waals surface area contributed by atoms with Gasteiger partial charge in [-0.2, -0.15) is 10.1 Å². The van der Waals surface area contributed by atoms with Crippen molar-refractivity contribution in [3.05, 3.63) is 35.5 Å². The first-order chi connectivity index (χ1) is 11.6. The van der Waals surface area contributed by atoms with Gasteiger partial charge in [-0.25, -0.2) is 0 Å². The van der Waals surface area contributed by atoms with Gasteiger partial charge in [0.1, 0.15) is 0 Å². The second-order valence-electron chi connectivity index (χ2n) is 6.50. The van der Waals surface area contributed by atoms with E-state index in [4.69, 9.17) is 4.74 Å². The van der Waals surface area contributed by atoms with Crippen LogP contribution >= 0.6 is 0 Å². The second-order valence-corrected chi connectivity index (χ2v) is 6.50. The summed E-state index contributed by atoms with van der Waals surface area (Å²) in [7, 11) is 0. The molecule has 1 aliphatic rings. The smallest absolute Gasteiger partial charge is 0.244 e. The molecule has 0 amide bonds. The van der Waals surface area contributed by atoms with Crippen LogP contribution in [0.1, 0.15) is 43.7 Å². The molecule has 2 aromatic rings. The van der Waals surface area contributed by atoms with Crippen LogP contribution < -0.4 is 10.6 Å². The third-order valence-corrected chi connectivity index (χ3v) is 4.25. The zero-order chi connectivity index (χ0) is 16.9. The SMILES string of the molecule is Cc1cccc(C(C)C)c1Nc1cnnc(NCC2CCCO2)n1. The highest BCUT2D eigenvalue weighted by Crippen LogP contribution is 2.29. The van der Waals surface area contributed by atoms with E-state index in [0.717, 1.165) is 25.1 Å². The third-order valence-electron chi connectivity index (χ3n) is 4.25. The van der Waals surface area contributed by atoms with E-state index in [1.807, 2.05) is 0 Å². The standard InChI is InChI=1S/C18H25N5O/c1-12(2)15-8-4-6-13(3)17(15)21-16-11-20-23-18(22-16)19-10-14-7-5-9-24-14/h4,6,8,11-12,14H,5,7,9-10H2,1-3H3,(H2,19,21,22,23). The van der Waals surface area contributed by atoms with Crippen LogP contribution in [0.25, 0.3) is 0 Å². The highest BCUT2D eigenvalue weighted by atomic mass is 16.5. The van der Waals surface area contributed by atoms with Crippen molar-refractivity contribution in [2.45, 2.75) is 45.6 Å². The molecule has 0 saturated carbocycles. The topological polar surface area (TPSA) is 72.0 Å². The number of benzene rings is 1. The van der Waals surface area contributed by atoms with Gasteiger partial charge in [0.05, 0.1) is 12.3 Å². The summed E-state index contributed by atoms with van der Waals surface area (Å²) in [4.78, 5) is 4.52. The van der Waals surface area contributed by atoms with Gasteiger partial charge in [-0.05, 0) is 36.8 Å². The normalized spacial score (nSPS) is 17.2. The van der Waals surface area contributed by atoms with Crippen LogP contribution in [-0.2, 0) is 4.74 Å². The Morgan fingerprint density at radius 1 is 1.33 bits per heavy atom. The van der Waals surface area contributed by atoms with Crippen LogP contribution in [0.3, 0.4) is 0 Å². The predicted molar refractivity (Wildman–Crippen MR) is 95.8 cm³/mol. The minimum Gasteiger partial charge on any atom is -0.376 e. The molecule has 3 rings (SSSR count). The molecule has 1 atom stereocenters. The van der Waals surface area contributed by atoms with E-state index in [0.29, 0.717) is 24.2 Å². The predicted octanol–water partition coefficient (Wildman–Crippen LogP) is 3.64. The van der Waals surface area contributed by atoms with Gasteiger partial charge in [0.15, 0.2) is 5.82 Å².